The third kappa shape index (κ3) is 8.21. The lowest BCUT2D eigenvalue weighted by Gasteiger charge is -2.21. The number of alkyl carbamates (subject to hydrolysis) is 1. The first kappa shape index (κ1) is 27.6. The monoisotopic (exact) mass is 473 g/mol. The van der Waals surface area contributed by atoms with E-state index in [1.165, 1.54) is 30.3 Å². The highest BCUT2D eigenvalue weighted by atomic mass is 32.2. The van der Waals surface area contributed by atoms with Gasteiger partial charge in [-0.3, -0.25) is 0 Å². The number of hydrogen-bond acceptors (Lipinski definition) is 6. The number of nitrogens with one attached hydrogen (secondary N) is 1. The molecule has 1 N–H and O–H groups in total. The van der Waals surface area contributed by atoms with Gasteiger partial charge in [0.1, 0.15) is 23.5 Å². The van der Waals surface area contributed by atoms with Gasteiger partial charge in [0, 0.05) is 12.7 Å². The van der Waals surface area contributed by atoms with Crippen molar-refractivity contribution in [1.82, 2.24) is 5.32 Å². The molecule has 0 radical (unpaired) electrons. The van der Waals surface area contributed by atoms with Crippen LogP contribution in [0.2, 0.25) is 0 Å². The molecule has 0 aliphatic carbocycles. The van der Waals surface area contributed by atoms with Crippen LogP contribution in [-0.2, 0) is 21.0 Å². The Morgan fingerprint density at radius 2 is 1.70 bits per heavy atom. The van der Waals surface area contributed by atoms with E-state index < -0.39 is 33.4 Å². The molecule has 2 aromatic rings. The van der Waals surface area contributed by atoms with Crippen LogP contribution in [0.25, 0.3) is 11.1 Å². The van der Waals surface area contributed by atoms with Crippen molar-refractivity contribution in [3.63, 3.8) is 0 Å². The van der Waals surface area contributed by atoms with Crippen molar-refractivity contribution in [2.24, 2.45) is 0 Å². The van der Waals surface area contributed by atoms with Gasteiger partial charge in [-0.25, -0.2) is 17.6 Å². The maximum atomic E-state index is 14.7. The van der Waals surface area contributed by atoms with E-state index in [9.17, 15) is 22.9 Å². The number of sulfone groups is 1. The average Bonchev–Trinajstić information content (AvgIpc) is 2.73. The zero-order chi connectivity index (χ0) is 25.4. The maximum Gasteiger partial charge on any atom is 0.408 e. The van der Waals surface area contributed by atoms with Crippen LogP contribution in [0.4, 0.5) is 9.18 Å². The Kier molecular flexibility index (Phi) is 9.57. The fourth-order valence-electron chi connectivity index (χ4n) is 2.79. The molecule has 9 heteroatoms. The van der Waals surface area contributed by atoms with E-state index in [2.05, 4.69) is 5.32 Å². The Labute approximate surface area is 194 Å². The number of carbonyl (C=O) groups is 1. The van der Waals surface area contributed by atoms with Crippen LogP contribution >= 0.6 is 0 Å². The van der Waals surface area contributed by atoms with Crippen molar-refractivity contribution in [2.45, 2.75) is 57.6 Å². The smallest absolute Gasteiger partial charge is 0.408 e. The highest BCUT2D eigenvalue weighted by Gasteiger charge is 2.21. The molecule has 0 aliphatic rings. The molecule has 33 heavy (non-hydrogen) atoms. The standard InChI is InChI=1S/C22H22FN3O4S.C2H6/c1-22(2,3)30-21(27)26-18(13-25)9-16-7-5-14(10-19(16)23)15-6-8-17(12-24)20(11-15)31(4,28)29;1-2/h5-8,10-11,18H,9H2,1-4H3,(H,26,27);1-2H3/t18-;/m0./s1. The number of carbonyl (C=O) groups excluding carboxylic acids is 1. The van der Waals surface area contributed by atoms with Crippen molar-refractivity contribution in [1.29, 1.82) is 10.5 Å². The SMILES string of the molecule is CC.CC(C)(C)OC(=O)N[C@H](C#N)Cc1ccc(-c2ccc(C#N)c(S(C)(=O)=O)c2)cc1F. The van der Waals surface area contributed by atoms with Crippen molar-refractivity contribution in [3.8, 4) is 23.3 Å². The Bertz CT molecular complexity index is 1190. The van der Waals surface area contributed by atoms with E-state index in [4.69, 9.17) is 10.00 Å². The predicted molar refractivity (Wildman–Crippen MR) is 123 cm³/mol. The first-order chi connectivity index (χ1) is 15.3. The molecule has 0 saturated carbocycles. The zero-order valence-corrected chi connectivity index (χ0v) is 20.4. The van der Waals surface area contributed by atoms with E-state index in [-0.39, 0.29) is 22.4 Å². The molecule has 7 nitrogen and oxygen atoms in total. The molecule has 2 aromatic carbocycles. The zero-order valence-electron chi connectivity index (χ0n) is 19.6. The van der Waals surface area contributed by atoms with Gasteiger partial charge in [0.25, 0.3) is 0 Å². The van der Waals surface area contributed by atoms with Crippen LogP contribution in [0.15, 0.2) is 41.3 Å². The third-order valence-electron chi connectivity index (χ3n) is 4.16. The molecular weight excluding hydrogens is 445 g/mol. The fourth-order valence-corrected chi connectivity index (χ4v) is 3.65. The summed E-state index contributed by atoms with van der Waals surface area (Å²) in [6, 6.07) is 11.2. The molecular formula is C24H28FN3O4S. The maximum absolute atomic E-state index is 14.7. The number of ether oxygens (including phenoxy) is 1. The first-order valence-electron chi connectivity index (χ1n) is 10.3. The van der Waals surface area contributed by atoms with Gasteiger partial charge >= 0.3 is 6.09 Å². The molecule has 0 aliphatic heterocycles. The molecule has 1 amide bonds. The molecule has 0 saturated heterocycles. The number of benzene rings is 2. The van der Waals surface area contributed by atoms with Crippen molar-refractivity contribution >= 4 is 15.9 Å². The normalized spacial score (nSPS) is 11.8. The van der Waals surface area contributed by atoms with Crippen LogP contribution in [0.5, 0.6) is 0 Å². The molecule has 0 heterocycles. The summed E-state index contributed by atoms with van der Waals surface area (Å²) in [5.74, 6) is -0.617. The van der Waals surface area contributed by atoms with Gasteiger partial charge in [0.15, 0.2) is 9.84 Å². The number of halogens is 1. The molecule has 176 valence electrons. The highest BCUT2D eigenvalue weighted by molar-refractivity contribution is 7.90. The van der Waals surface area contributed by atoms with E-state index in [0.29, 0.717) is 11.1 Å². The van der Waals surface area contributed by atoms with Crippen molar-refractivity contribution < 1.29 is 22.3 Å². The number of nitriles is 2. The Morgan fingerprint density at radius 3 is 2.18 bits per heavy atom. The van der Waals surface area contributed by atoms with Gasteiger partial charge in [-0.1, -0.05) is 32.0 Å². The summed E-state index contributed by atoms with van der Waals surface area (Å²) in [5, 5.41) is 20.8. The fraction of sp³-hybridized carbons (Fsp3) is 0.375. The Hall–Kier alpha value is -3.43. The van der Waals surface area contributed by atoms with E-state index in [1.807, 2.05) is 26.0 Å². The summed E-state index contributed by atoms with van der Waals surface area (Å²) in [4.78, 5) is 11.7. The summed E-state index contributed by atoms with van der Waals surface area (Å²) in [7, 11) is -3.64. The Morgan fingerprint density at radius 1 is 1.12 bits per heavy atom. The lowest BCUT2D eigenvalue weighted by molar-refractivity contribution is 0.0515. The van der Waals surface area contributed by atoms with Crippen LogP contribution in [0.1, 0.15) is 45.7 Å². The summed E-state index contributed by atoms with van der Waals surface area (Å²) < 4.78 is 43.7. The summed E-state index contributed by atoms with van der Waals surface area (Å²) in [6.45, 7) is 9.06. The minimum absolute atomic E-state index is 0.00780. The topological polar surface area (TPSA) is 120 Å². The summed E-state index contributed by atoms with van der Waals surface area (Å²) >= 11 is 0. The molecule has 0 bridgehead atoms. The largest absolute Gasteiger partial charge is 0.444 e. The number of nitrogens with zero attached hydrogens (tertiary/aromatic N) is 2. The van der Waals surface area contributed by atoms with Crippen LogP contribution in [-0.4, -0.2) is 32.4 Å². The van der Waals surface area contributed by atoms with Gasteiger partial charge in [0.2, 0.25) is 0 Å². The number of amides is 1. The molecule has 2 rings (SSSR count). The van der Waals surface area contributed by atoms with Gasteiger partial charge in [-0.15, -0.1) is 0 Å². The molecule has 0 fully saturated rings. The quantitative estimate of drug-likeness (QED) is 0.669. The molecule has 0 aromatic heterocycles. The lowest BCUT2D eigenvalue weighted by atomic mass is 9.99. The second-order valence-electron chi connectivity index (χ2n) is 7.93. The Balaban J connectivity index is 0.00000265. The second kappa shape index (κ2) is 11.4. The molecule has 0 spiro atoms. The summed E-state index contributed by atoms with van der Waals surface area (Å²) in [5.41, 5.74) is 0.303. The van der Waals surface area contributed by atoms with Crippen LogP contribution in [0, 0.1) is 28.5 Å². The van der Waals surface area contributed by atoms with E-state index >= 15 is 0 Å². The van der Waals surface area contributed by atoms with Gasteiger partial charge < -0.3 is 10.1 Å². The van der Waals surface area contributed by atoms with Gasteiger partial charge in [-0.05, 0) is 55.7 Å². The van der Waals surface area contributed by atoms with Crippen molar-refractivity contribution in [3.05, 3.63) is 53.3 Å². The van der Waals surface area contributed by atoms with Gasteiger partial charge in [-0.2, -0.15) is 10.5 Å². The average molecular weight is 474 g/mol. The lowest BCUT2D eigenvalue weighted by Crippen LogP contribution is -2.39. The summed E-state index contributed by atoms with van der Waals surface area (Å²) in [6.07, 6.45) is 0.141. The highest BCUT2D eigenvalue weighted by Crippen LogP contribution is 2.27. The number of rotatable bonds is 5. The second-order valence-corrected chi connectivity index (χ2v) is 9.92. The minimum atomic E-state index is -3.64. The number of hydrogen-bond donors (Lipinski definition) is 1. The van der Waals surface area contributed by atoms with Crippen molar-refractivity contribution in [2.75, 3.05) is 6.26 Å². The first-order valence-corrected chi connectivity index (χ1v) is 12.2. The van der Waals surface area contributed by atoms with E-state index in [0.717, 1.165) is 6.26 Å². The van der Waals surface area contributed by atoms with Crippen LogP contribution in [0.3, 0.4) is 0 Å². The molecule has 1 atom stereocenters. The van der Waals surface area contributed by atoms with E-state index in [1.54, 1.807) is 26.8 Å². The van der Waals surface area contributed by atoms with Gasteiger partial charge in [0.05, 0.1) is 16.5 Å². The third-order valence-corrected chi connectivity index (χ3v) is 5.30. The van der Waals surface area contributed by atoms with Crippen LogP contribution < -0.4 is 5.32 Å². The molecule has 0 unspecified atom stereocenters. The minimum Gasteiger partial charge on any atom is -0.444 e. The predicted octanol–water partition coefficient (Wildman–Crippen LogP) is 4.75.